The average molecular weight is 468 g/mol. The van der Waals surface area contributed by atoms with E-state index in [2.05, 4.69) is 5.32 Å². The third kappa shape index (κ3) is 4.78. The minimum absolute atomic E-state index is 0.0766. The molecule has 4 rings (SSSR count). The number of carbonyl (C=O) groups excluding carboxylic acids is 3. The maximum atomic E-state index is 13.1. The fraction of sp³-hybridized carbons (Fsp3) is 0.214. The first kappa shape index (κ1) is 23.7. The van der Waals surface area contributed by atoms with Crippen LogP contribution in [0.4, 0.5) is 5.69 Å². The quantitative estimate of drug-likeness (QED) is 0.533. The first-order chi connectivity index (χ1) is 16.8. The summed E-state index contributed by atoms with van der Waals surface area (Å²) in [5.74, 6) is -0.944. The van der Waals surface area contributed by atoms with Gasteiger partial charge in [-0.25, -0.2) is 4.79 Å². The Bertz CT molecular complexity index is 1320. The van der Waals surface area contributed by atoms with Crippen LogP contribution >= 0.6 is 0 Å². The Morgan fingerprint density at radius 3 is 2.26 bits per heavy atom. The summed E-state index contributed by atoms with van der Waals surface area (Å²) in [6.45, 7) is 4.16. The summed E-state index contributed by atoms with van der Waals surface area (Å²) in [7, 11) is 1.33. The van der Waals surface area contributed by atoms with E-state index < -0.39 is 12.0 Å². The zero-order valence-corrected chi connectivity index (χ0v) is 19.7. The Labute approximate surface area is 203 Å². The van der Waals surface area contributed by atoms with Gasteiger partial charge in [-0.05, 0) is 65.1 Å². The highest BCUT2D eigenvalue weighted by Crippen LogP contribution is 2.32. The Kier molecular flexibility index (Phi) is 6.65. The molecule has 7 nitrogen and oxygen atoms in total. The summed E-state index contributed by atoms with van der Waals surface area (Å²) in [6, 6.07) is 20.9. The number of hydrogen-bond acceptors (Lipinski definition) is 5. The van der Waals surface area contributed by atoms with E-state index in [1.165, 1.54) is 7.11 Å². The van der Waals surface area contributed by atoms with Crippen molar-refractivity contribution in [1.29, 1.82) is 5.26 Å². The highest BCUT2D eigenvalue weighted by atomic mass is 16.5. The molecule has 0 spiro atoms. The van der Waals surface area contributed by atoms with Crippen LogP contribution in [0.25, 0.3) is 11.1 Å². The molecule has 0 fully saturated rings. The van der Waals surface area contributed by atoms with E-state index in [4.69, 9.17) is 10.00 Å². The van der Waals surface area contributed by atoms with E-state index in [9.17, 15) is 14.4 Å². The van der Waals surface area contributed by atoms with Gasteiger partial charge in [-0.3, -0.25) is 9.59 Å². The van der Waals surface area contributed by atoms with Gasteiger partial charge in [-0.1, -0.05) is 38.1 Å². The molecule has 0 saturated carbocycles. The van der Waals surface area contributed by atoms with Gasteiger partial charge < -0.3 is 15.0 Å². The fourth-order valence-electron chi connectivity index (χ4n) is 4.25. The molecule has 0 aliphatic carbocycles. The minimum Gasteiger partial charge on any atom is -0.467 e. The smallest absolute Gasteiger partial charge is 0.328 e. The van der Waals surface area contributed by atoms with E-state index in [0.717, 1.165) is 16.7 Å². The molecule has 2 amide bonds. The standard InChI is InChI=1S/C28H25N3O4/c1-17(2)25(28(34)35-3)31-16-22-9-8-21(14-24(22)27(31)33)19-10-12-23(13-11-19)30-26(32)20-6-4-18(15-29)5-7-20/h4-14,17,25H,16H2,1-3H3,(H,30,32)/t25-/m0/s1. The fourth-order valence-corrected chi connectivity index (χ4v) is 4.25. The van der Waals surface area contributed by atoms with Crippen LogP contribution in [0.5, 0.6) is 0 Å². The maximum Gasteiger partial charge on any atom is 0.328 e. The summed E-state index contributed by atoms with van der Waals surface area (Å²) in [5.41, 5.74) is 4.79. The summed E-state index contributed by atoms with van der Waals surface area (Å²) < 4.78 is 4.93. The number of esters is 1. The first-order valence-corrected chi connectivity index (χ1v) is 11.3. The van der Waals surface area contributed by atoms with E-state index in [1.54, 1.807) is 41.3 Å². The number of benzene rings is 3. The normalized spacial score (nSPS) is 13.2. The Hall–Kier alpha value is -4.44. The van der Waals surface area contributed by atoms with Crippen molar-refractivity contribution in [2.75, 3.05) is 12.4 Å². The second-order valence-electron chi connectivity index (χ2n) is 8.74. The van der Waals surface area contributed by atoms with Crippen molar-refractivity contribution in [2.45, 2.75) is 26.4 Å². The second-order valence-corrected chi connectivity index (χ2v) is 8.74. The molecular formula is C28H25N3O4. The summed E-state index contributed by atoms with van der Waals surface area (Å²) in [4.78, 5) is 39.5. The summed E-state index contributed by atoms with van der Waals surface area (Å²) in [5, 5.41) is 11.7. The molecule has 0 unspecified atom stereocenters. The monoisotopic (exact) mass is 467 g/mol. The van der Waals surface area contributed by atoms with E-state index in [-0.39, 0.29) is 17.7 Å². The predicted octanol–water partition coefficient (Wildman–Crippen LogP) is 4.63. The lowest BCUT2D eigenvalue weighted by Crippen LogP contribution is -2.45. The number of nitriles is 1. The van der Waals surface area contributed by atoms with Crippen molar-refractivity contribution >= 4 is 23.5 Å². The maximum absolute atomic E-state index is 13.1. The zero-order valence-electron chi connectivity index (χ0n) is 19.7. The molecule has 1 aliphatic heterocycles. The van der Waals surface area contributed by atoms with Gasteiger partial charge >= 0.3 is 5.97 Å². The van der Waals surface area contributed by atoms with Crippen LogP contribution in [-0.2, 0) is 16.1 Å². The molecule has 1 aliphatic rings. The predicted molar refractivity (Wildman–Crippen MR) is 132 cm³/mol. The second kappa shape index (κ2) is 9.82. The highest BCUT2D eigenvalue weighted by molar-refractivity contribution is 6.04. The lowest BCUT2D eigenvalue weighted by molar-refractivity contribution is -0.147. The van der Waals surface area contributed by atoms with Crippen LogP contribution in [0.3, 0.4) is 0 Å². The van der Waals surface area contributed by atoms with Crippen molar-refractivity contribution in [3.05, 3.63) is 89.0 Å². The third-order valence-corrected chi connectivity index (χ3v) is 6.10. The van der Waals surface area contributed by atoms with Crippen LogP contribution in [0, 0.1) is 17.2 Å². The number of carbonyl (C=O) groups is 3. The first-order valence-electron chi connectivity index (χ1n) is 11.3. The van der Waals surface area contributed by atoms with Crippen molar-refractivity contribution in [3.63, 3.8) is 0 Å². The van der Waals surface area contributed by atoms with Crippen molar-refractivity contribution in [2.24, 2.45) is 5.92 Å². The number of hydrogen-bond donors (Lipinski definition) is 1. The molecule has 1 atom stereocenters. The molecule has 0 saturated heterocycles. The highest BCUT2D eigenvalue weighted by Gasteiger charge is 2.38. The number of ether oxygens (including phenoxy) is 1. The largest absolute Gasteiger partial charge is 0.467 e. The van der Waals surface area contributed by atoms with E-state index in [0.29, 0.717) is 28.9 Å². The molecule has 1 N–H and O–H groups in total. The molecule has 0 aromatic heterocycles. The third-order valence-electron chi connectivity index (χ3n) is 6.10. The van der Waals surface area contributed by atoms with Crippen LogP contribution in [0.1, 0.15) is 45.7 Å². The van der Waals surface area contributed by atoms with Crippen LogP contribution in [0.2, 0.25) is 0 Å². The van der Waals surface area contributed by atoms with Gasteiger partial charge in [0.2, 0.25) is 0 Å². The molecule has 3 aromatic rings. The molecule has 3 aromatic carbocycles. The van der Waals surface area contributed by atoms with Gasteiger partial charge in [0.05, 0.1) is 18.7 Å². The lowest BCUT2D eigenvalue weighted by Gasteiger charge is -2.28. The number of rotatable bonds is 6. The molecule has 176 valence electrons. The van der Waals surface area contributed by atoms with Gasteiger partial charge in [-0.2, -0.15) is 5.26 Å². The number of fused-ring (bicyclic) bond motifs is 1. The Morgan fingerprint density at radius 2 is 1.66 bits per heavy atom. The zero-order chi connectivity index (χ0) is 25.1. The Balaban J connectivity index is 1.50. The van der Waals surface area contributed by atoms with E-state index >= 15 is 0 Å². The summed E-state index contributed by atoms with van der Waals surface area (Å²) >= 11 is 0. The van der Waals surface area contributed by atoms with Gasteiger partial charge in [0.25, 0.3) is 11.8 Å². The van der Waals surface area contributed by atoms with Crippen molar-refractivity contribution < 1.29 is 19.1 Å². The number of nitrogens with one attached hydrogen (secondary N) is 1. The van der Waals surface area contributed by atoms with Gasteiger partial charge in [-0.15, -0.1) is 0 Å². The average Bonchev–Trinajstić information content (AvgIpc) is 3.19. The van der Waals surface area contributed by atoms with Gasteiger partial charge in [0.15, 0.2) is 0 Å². The minimum atomic E-state index is -0.637. The number of methoxy groups -OCH3 is 1. The Morgan fingerprint density at radius 1 is 1.00 bits per heavy atom. The number of nitrogens with zero attached hydrogens (tertiary/aromatic N) is 2. The lowest BCUT2D eigenvalue weighted by atomic mass is 10.00. The van der Waals surface area contributed by atoms with Crippen LogP contribution < -0.4 is 5.32 Å². The molecule has 0 bridgehead atoms. The van der Waals surface area contributed by atoms with Crippen LogP contribution in [0.15, 0.2) is 66.7 Å². The van der Waals surface area contributed by atoms with Crippen molar-refractivity contribution in [3.8, 4) is 17.2 Å². The van der Waals surface area contributed by atoms with Crippen molar-refractivity contribution in [1.82, 2.24) is 4.90 Å². The summed E-state index contributed by atoms with van der Waals surface area (Å²) in [6.07, 6.45) is 0. The number of amides is 2. The molecule has 35 heavy (non-hydrogen) atoms. The molecule has 1 heterocycles. The molecular weight excluding hydrogens is 442 g/mol. The topological polar surface area (TPSA) is 99.5 Å². The molecule has 0 radical (unpaired) electrons. The van der Waals surface area contributed by atoms with Gasteiger partial charge in [0, 0.05) is 23.4 Å². The SMILES string of the molecule is COC(=O)[C@H](C(C)C)N1Cc2ccc(-c3ccc(NC(=O)c4ccc(C#N)cc4)cc3)cc2C1=O. The van der Waals surface area contributed by atoms with Crippen LogP contribution in [-0.4, -0.2) is 35.8 Å². The van der Waals surface area contributed by atoms with Gasteiger partial charge in [0.1, 0.15) is 6.04 Å². The molecule has 7 heteroatoms. The number of anilines is 1. The van der Waals surface area contributed by atoms with E-state index in [1.807, 2.05) is 50.2 Å².